The van der Waals surface area contributed by atoms with Gasteiger partial charge in [0.1, 0.15) is 10.0 Å². The van der Waals surface area contributed by atoms with Crippen LogP contribution in [0.4, 0.5) is 0 Å². The van der Waals surface area contributed by atoms with Gasteiger partial charge in [0.15, 0.2) is 0 Å². The first-order chi connectivity index (χ1) is 9.29. The molecule has 0 fully saturated rings. The van der Waals surface area contributed by atoms with Crippen LogP contribution in [0.5, 0.6) is 0 Å². The molecule has 4 heteroatoms. The minimum absolute atomic E-state index is 0.345. The maximum Gasteiger partial charge on any atom is 0.131 e. The number of alkyl halides is 1. The molecular formula is C15H17BrN2S. The summed E-state index contributed by atoms with van der Waals surface area (Å²) < 4.78 is 0. The standard InChI is InChI=1S/C15H17BrN2S/c1-2-13(16)15-18-17-14(19-15)12-9-5-7-10-6-3-4-8-11(10)12/h3-4,6,8,12-13H,2,5,7,9H2,1H3. The van der Waals surface area contributed by atoms with Gasteiger partial charge in [-0.25, -0.2) is 0 Å². The molecular weight excluding hydrogens is 320 g/mol. The van der Waals surface area contributed by atoms with Crippen molar-refractivity contribution in [2.75, 3.05) is 0 Å². The number of benzene rings is 1. The maximum absolute atomic E-state index is 4.45. The van der Waals surface area contributed by atoms with E-state index in [1.165, 1.54) is 35.4 Å². The van der Waals surface area contributed by atoms with Gasteiger partial charge in [-0.2, -0.15) is 0 Å². The summed E-state index contributed by atoms with van der Waals surface area (Å²) in [5.74, 6) is 0.452. The van der Waals surface area contributed by atoms with Crippen molar-refractivity contribution >= 4 is 27.3 Å². The van der Waals surface area contributed by atoms with Crippen LogP contribution < -0.4 is 0 Å². The zero-order valence-corrected chi connectivity index (χ0v) is 13.4. The molecule has 1 aliphatic carbocycles. The molecule has 2 aromatic rings. The van der Waals surface area contributed by atoms with Gasteiger partial charge in [0.05, 0.1) is 4.83 Å². The van der Waals surface area contributed by atoms with E-state index >= 15 is 0 Å². The van der Waals surface area contributed by atoms with Crippen molar-refractivity contribution < 1.29 is 0 Å². The molecule has 0 radical (unpaired) electrons. The topological polar surface area (TPSA) is 25.8 Å². The number of fused-ring (bicyclic) bond motifs is 1. The summed E-state index contributed by atoms with van der Waals surface area (Å²) >= 11 is 5.43. The van der Waals surface area contributed by atoms with E-state index in [1.807, 2.05) is 0 Å². The third-order valence-corrected chi connectivity index (χ3v) is 6.28. The largest absolute Gasteiger partial charge is 0.143 e. The molecule has 1 aromatic carbocycles. The molecule has 0 bridgehead atoms. The molecule has 1 heterocycles. The molecule has 0 saturated heterocycles. The Bertz CT molecular complexity index is 567. The Kier molecular flexibility index (Phi) is 3.99. The monoisotopic (exact) mass is 336 g/mol. The highest BCUT2D eigenvalue weighted by molar-refractivity contribution is 9.09. The van der Waals surface area contributed by atoms with Crippen LogP contribution in [0.3, 0.4) is 0 Å². The molecule has 100 valence electrons. The van der Waals surface area contributed by atoms with E-state index in [1.54, 1.807) is 11.3 Å². The average Bonchev–Trinajstić information content (AvgIpc) is 2.95. The average molecular weight is 337 g/mol. The Labute approximate surface area is 126 Å². The summed E-state index contributed by atoms with van der Waals surface area (Å²) in [6, 6.07) is 8.78. The molecule has 19 heavy (non-hydrogen) atoms. The molecule has 1 aromatic heterocycles. The Hall–Kier alpha value is -0.740. The van der Waals surface area contributed by atoms with Crippen LogP contribution in [-0.2, 0) is 6.42 Å². The third-order valence-electron chi connectivity index (χ3n) is 3.75. The second-order valence-corrected chi connectivity index (χ2v) is 7.14. The number of hydrogen-bond donors (Lipinski definition) is 0. The number of nitrogens with zero attached hydrogens (tertiary/aromatic N) is 2. The Morgan fingerprint density at radius 3 is 3.05 bits per heavy atom. The van der Waals surface area contributed by atoms with Crippen molar-refractivity contribution in [3.63, 3.8) is 0 Å². The fourth-order valence-electron chi connectivity index (χ4n) is 2.70. The normalized spacial score (nSPS) is 20.0. The smallest absolute Gasteiger partial charge is 0.131 e. The molecule has 3 rings (SSSR count). The van der Waals surface area contributed by atoms with Gasteiger partial charge in [0.2, 0.25) is 0 Å². The molecule has 0 amide bonds. The van der Waals surface area contributed by atoms with Gasteiger partial charge in [-0.3, -0.25) is 0 Å². The minimum atomic E-state index is 0.345. The fraction of sp³-hybridized carbons (Fsp3) is 0.467. The van der Waals surface area contributed by atoms with Crippen molar-refractivity contribution in [3.8, 4) is 0 Å². The Morgan fingerprint density at radius 2 is 2.21 bits per heavy atom. The number of rotatable bonds is 3. The van der Waals surface area contributed by atoms with Crippen LogP contribution in [0, 0.1) is 0 Å². The SMILES string of the molecule is CCC(Br)c1nnc(C2CCCc3ccccc32)s1. The van der Waals surface area contributed by atoms with Crippen molar-refractivity contribution in [2.24, 2.45) is 0 Å². The van der Waals surface area contributed by atoms with Crippen molar-refractivity contribution in [1.29, 1.82) is 0 Å². The highest BCUT2D eigenvalue weighted by Crippen LogP contribution is 2.39. The molecule has 2 unspecified atom stereocenters. The molecule has 1 aliphatic rings. The number of hydrogen-bond acceptors (Lipinski definition) is 3. The van der Waals surface area contributed by atoms with Crippen LogP contribution in [0.2, 0.25) is 0 Å². The quantitative estimate of drug-likeness (QED) is 0.748. The summed E-state index contributed by atoms with van der Waals surface area (Å²) in [6.07, 6.45) is 4.71. The molecule has 0 aliphatic heterocycles. The molecule has 0 saturated carbocycles. The van der Waals surface area contributed by atoms with Gasteiger partial charge in [-0.15, -0.1) is 10.2 Å². The van der Waals surface area contributed by atoms with Crippen LogP contribution in [-0.4, -0.2) is 10.2 Å². The molecule has 0 spiro atoms. The highest BCUT2D eigenvalue weighted by Gasteiger charge is 2.25. The summed E-state index contributed by atoms with van der Waals surface area (Å²) in [7, 11) is 0. The number of halogens is 1. The van der Waals surface area contributed by atoms with E-state index in [9.17, 15) is 0 Å². The zero-order chi connectivity index (χ0) is 13.2. The van der Waals surface area contributed by atoms with Gasteiger partial charge >= 0.3 is 0 Å². The van der Waals surface area contributed by atoms with Gasteiger partial charge in [-0.1, -0.05) is 58.5 Å². The Balaban J connectivity index is 1.93. The number of aromatic nitrogens is 2. The van der Waals surface area contributed by atoms with E-state index in [4.69, 9.17) is 0 Å². The van der Waals surface area contributed by atoms with Crippen molar-refractivity contribution in [3.05, 3.63) is 45.4 Å². The fourth-order valence-corrected chi connectivity index (χ4v) is 4.13. The first-order valence-electron chi connectivity index (χ1n) is 6.84. The van der Waals surface area contributed by atoms with E-state index in [0.29, 0.717) is 10.7 Å². The van der Waals surface area contributed by atoms with Crippen LogP contribution in [0.15, 0.2) is 24.3 Å². The summed E-state index contributed by atoms with van der Waals surface area (Å²) in [4.78, 5) is 0.345. The van der Waals surface area contributed by atoms with Gasteiger partial charge < -0.3 is 0 Å². The summed E-state index contributed by atoms with van der Waals surface area (Å²) in [6.45, 7) is 2.16. The predicted molar refractivity (Wildman–Crippen MR) is 83.1 cm³/mol. The van der Waals surface area contributed by atoms with Crippen LogP contribution >= 0.6 is 27.3 Å². The zero-order valence-electron chi connectivity index (χ0n) is 11.0. The second kappa shape index (κ2) is 5.71. The van der Waals surface area contributed by atoms with Crippen LogP contribution in [0.25, 0.3) is 0 Å². The van der Waals surface area contributed by atoms with E-state index in [2.05, 4.69) is 57.3 Å². The van der Waals surface area contributed by atoms with Crippen LogP contribution in [0.1, 0.15) is 58.1 Å². The molecule has 2 atom stereocenters. The number of aryl methyl sites for hydroxylation is 1. The van der Waals surface area contributed by atoms with Gasteiger partial charge in [-0.05, 0) is 36.8 Å². The predicted octanol–water partition coefficient (Wildman–Crippen LogP) is 4.85. The van der Waals surface area contributed by atoms with E-state index in [-0.39, 0.29) is 0 Å². The van der Waals surface area contributed by atoms with E-state index in [0.717, 1.165) is 11.4 Å². The first-order valence-corrected chi connectivity index (χ1v) is 8.58. The lowest BCUT2D eigenvalue weighted by Crippen LogP contribution is -2.10. The molecule has 2 nitrogen and oxygen atoms in total. The summed E-state index contributed by atoms with van der Waals surface area (Å²) in [5.41, 5.74) is 2.94. The minimum Gasteiger partial charge on any atom is -0.143 e. The highest BCUT2D eigenvalue weighted by atomic mass is 79.9. The lowest BCUT2D eigenvalue weighted by molar-refractivity contribution is 0.609. The summed E-state index contributed by atoms with van der Waals surface area (Å²) in [5, 5.41) is 11.1. The van der Waals surface area contributed by atoms with Crippen molar-refractivity contribution in [2.45, 2.75) is 43.4 Å². The first kappa shape index (κ1) is 13.3. The van der Waals surface area contributed by atoms with Gasteiger partial charge in [0.25, 0.3) is 0 Å². The maximum atomic E-state index is 4.45. The molecule has 0 N–H and O–H groups in total. The third kappa shape index (κ3) is 2.61. The van der Waals surface area contributed by atoms with Crippen molar-refractivity contribution in [1.82, 2.24) is 10.2 Å². The second-order valence-electron chi connectivity index (χ2n) is 5.00. The Morgan fingerprint density at radius 1 is 1.37 bits per heavy atom. The lowest BCUT2D eigenvalue weighted by Gasteiger charge is -2.23. The lowest BCUT2D eigenvalue weighted by atomic mass is 9.83. The van der Waals surface area contributed by atoms with Gasteiger partial charge in [0, 0.05) is 5.92 Å². The van der Waals surface area contributed by atoms with E-state index < -0.39 is 0 Å².